The summed E-state index contributed by atoms with van der Waals surface area (Å²) >= 11 is 0. The maximum Gasteiger partial charge on any atom is 0.276 e. The third-order valence-corrected chi connectivity index (χ3v) is 4.99. The zero-order valence-electron chi connectivity index (χ0n) is 15.8. The fourth-order valence-corrected chi connectivity index (χ4v) is 3.38. The van der Waals surface area contributed by atoms with Crippen LogP contribution in [-0.4, -0.2) is 45.7 Å². The Bertz CT molecular complexity index is 816. The summed E-state index contributed by atoms with van der Waals surface area (Å²) in [6, 6.07) is 6.02. The second-order valence-corrected chi connectivity index (χ2v) is 7.22. The van der Waals surface area contributed by atoms with Crippen molar-refractivity contribution < 1.29 is 18.4 Å². The average molecular weight is 373 g/mol. The predicted octanol–water partition coefficient (Wildman–Crippen LogP) is 3.02. The van der Waals surface area contributed by atoms with Crippen molar-refractivity contribution >= 4 is 11.8 Å². The van der Waals surface area contributed by atoms with Crippen LogP contribution in [0.2, 0.25) is 0 Å². The number of aryl methyl sites for hydroxylation is 1. The van der Waals surface area contributed by atoms with E-state index in [9.17, 15) is 14.0 Å². The summed E-state index contributed by atoms with van der Waals surface area (Å²) in [5, 5.41) is 0. The zero-order chi connectivity index (χ0) is 19.6. The molecule has 2 aromatic rings. The number of carbonyl (C=O) groups is 2. The van der Waals surface area contributed by atoms with Crippen molar-refractivity contribution in [1.82, 2.24) is 14.8 Å². The van der Waals surface area contributed by atoms with Gasteiger partial charge in [-0.1, -0.05) is 26.0 Å². The third kappa shape index (κ3) is 4.18. The van der Waals surface area contributed by atoms with Crippen LogP contribution in [0, 0.1) is 18.7 Å². The van der Waals surface area contributed by atoms with Gasteiger partial charge in [-0.3, -0.25) is 9.59 Å². The fraction of sp³-hybridized carbons (Fsp3) is 0.450. The second-order valence-electron chi connectivity index (χ2n) is 7.22. The van der Waals surface area contributed by atoms with Crippen LogP contribution in [-0.2, 0) is 11.3 Å². The molecule has 1 aliphatic heterocycles. The van der Waals surface area contributed by atoms with Gasteiger partial charge in [-0.05, 0) is 30.5 Å². The first-order valence-electron chi connectivity index (χ1n) is 9.10. The second kappa shape index (κ2) is 7.90. The van der Waals surface area contributed by atoms with E-state index in [0.29, 0.717) is 25.4 Å². The highest BCUT2D eigenvalue weighted by Crippen LogP contribution is 2.22. The molecule has 0 N–H and O–H groups in total. The van der Waals surface area contributed by atoms with Crippen LogP contribution >= 0.6 is 0 Å². The van der Waals surface area contributed by atoms with Crippen LogP contribution in [0.1, 0.15) is 42.1 Å². The van der Waals surface area contributed by atoms with Gasteiger partial charge in [0.05, 0.1) is 6.04 Å². The van der Waals surface area contributed by atoms with Gasteiger partial charge in [0.25, 0.3) is 5.91 Å². The summed E-state index contributed by atoms with van der Waals surface area (Å²) in [6.07, 6.45) is 1.50. The van der Waals surface area contributed by atoms with Gasteiger partial charge in [-0.2, -0.15) is 0 Å². The Kier molecular flexibility index (Phi) is 5.58. The number of nitrogens with zero attached hydrogens (tertiary/aromatic N) is 3. The monoisotopic (exact) mass is 373 g/mol. The molecule has 1 aromatic heterocycles. The Morgan fingerprint density at radius 3 is 2.63 bits per heavy atom. The van der Waals surface area contributed by atoms with Crippen LogP contribution in [0.4, 0.5) is 4.39 Å². The lowest BCUT2D eigenvalue weighted by atomic mass is 10.0. The lowest BCUT2D eigenvalue weighted by molar-refractivity contribution is -0.134. The number of hydrogen-bond donors (Lipinski definition) is 0. The first kappa shape index (κ1) is 19.1. The van der Waals surface area contributed by atoms with Crippen molar-refractivity contribution in [3.63, 3.8) is 0 Å². The lowest BCUT2D eigenvalue weighted by Gasteiger charge is -2.34. The van der Waals surface area contributed by atoms with Gasteiger partial charge in [0.1, 0.15) is 11.6 Å². The molecule has 1 aromatic carbocycles. The van der Waals surface area contributed by atoms with Crippen LogP contribution < -0.4 is 0 Å². The van der Waals surface area contributed by atoms with Gasteiger partial charge in [0.15, 0.2) is 12.1 Å². The van der Waals surface area contributed by atoms with Crippen molar-refractivity contribution in [2.24, 2.45) is 5.92 Å². The summed E-state index contributed by atoms with van der Waals surface area (Å²) in [7, 11) is 0. The number of aromatic nitrogens is 1. The summed E-state index contributed by atoms with van der Waals surface area (Å²) in [5.41, 5.74) is 1.15. The number of hydrogen-bond acceptors (Lipinski definition) is 4. The van der Waals surface area contributed by atoms with Crippen molar-refractivity contribution in [2.75, 3.05) is 13.1 Å². The molecule has 0 aliphatic carbocycles. The average Bonchev–Trinajstić information content (AvgIpc) is 2.99. The van der Waals surface area contributed by atoms with Crippen LogP contribution in [0.15, 0.2) is 35.1 Å². The third-order valence-electron chi connectivity index (χ3n) is 4.99. The Hall–Kier alpha value is -2.70. The predicted molar refractivity (Wildman–Crippen MR) is 97.3 cm³/mol. The maximum atomic E-state index is 13.2. The largest absolute Gasteiger partial charge is 0.448 e. The molecule has 2 heterocycles. The smallest absolute Gasteiger partial charge is 0.276 e. The summed E-state index contributed by atoms with van der Waals surface area (Å²) in [4.78, 5) is 33.1. The van der Waals surface area contributed by atoms with E-state index in [1.807, 2.05) is 13.8 Å². The zero-order valence-corrected chi connectivity index (χ0v) is 15.8. The molecule has 1 unspecified atom stereocenters. The number of rotatable bonds is 4. The molecule has 1 saturated heterocycles. The van der Waals surface area contributed by atoms with E-state index in [-0.39, 0.29) is 41.7 Å². The molecule has 27 heavy (non-hydrogen) atoms. The number of benzene rings is 1. The molecule has 0 saturated carbocycles. The first-order valence-corrected chi connectivity index (χ1v) is 9.10. The van der Waals surface area contributed by atoms with E-state index in [1.54, 1.807) is 28.9 Å². The van der Waals surface area contributed by atoms with Crippen LogP contribution in [0.25, 0.3) is 0 Å². The summed E-state index contributed by atoms with van der Waals surface area (Å²) in [6.45, 7) is 6.93. The minimum atomic E-state index is -0.305. The molecule has 1 atom stereocenters. The van der Waals surface area contributed by atoms with E-state index < -0.39 is 0 Å². The van der Waals surface area contributed by atoms with E-state index in [1.165, 1.54) is 18.5 Å². The topological polar surface area (TPSA) is 66.7 Å². The molecule has 0 radical (unpaired) electrons. The van der Waals surface area contributed by atoms with Gasteiger partial charge in [0, 0.05) is 26.1 Å². The number of carbonyl (C=O) groups excluding carboxylic acids is 2. The van der Waals surface area contributed by atoms with E-state index in [0.717, 1.165) is 5.56 Å². The van der Waals surface area contributed by atoms with Crippen molar-refractivity contribution in [3.05, 3.63) is 53.5 Å². The molecule has 6 nitrogen and oxygen atoms in total. The highest BCUT2D eigenvalue weighted by Gasteiger charge is 2.34. The highest BCUT2D eigenvalue weighted by molar-refractivity contribution is 5.93. The van der Waals surface area contributed by atoms with E-state index in [2.05, 4.69) is 4.98 Å². The number of oxazole rings is 1. The molecule has 144 valence electrons. The van der Waals surface area contributed by atoms with Crippen molar-refractivity contribution in [1.29, 1.82) is 0 Å². The molecular formula is C20H24FN3O3. The summed E-state index contributed by atoms with van der Waals surface area (Å²) < 4.78 is 18.3. The fourth-order valence-electron chi connectivity index (χ4n) is 3.38. The van der Waals surface area contributed by atoms with E-state index >= 15 is 0 Å². The van der Waals surface area contributed by atoms with Crippen LogP contribution in [0.5, 0.6) is 0 Å². The van der Waals surface area contributed by atoms with Crippen molar-refractivity contribution in [2.45, 2.75) is 39.8 Å². The Morgan fingerprint density at radius 2 is 2.04 bits per heavy atom. The van der Waals surface area contributed by atoms with Gasteiger partial charge < -0.3 is 14.2 Å². The molecule has 1 fully saturated rings. The van der Waals surface area contributed by atoms with Crippen LogP contribution in [0.3, 0.4) is 0 Å². The highest BCUT2D eigenvalue weighted by atomic mass is 19.1. The summed E-state index contributed by atoms with van der Waals surface area (Å²) in [5.74, 6) is 0.0932. The van der Waals surface area contributed by atoms with Gasteiger partial charge in [-0.15, -0.1) is 0 Å². The van der Waals surface area contributed by atoms with Gasteiger partial charge in [0.2, 0.25) is 5.91 Å². The first-order chi connectivity index (χ1) is 12.9. The minimum absolute atomic E-state index is 0.00907. The number of amides is 2. The van der Waals surface area contributed by atoms with Gasteiger partial charge in [-0.25, -0.2) is 9.37 Å². The Labute approximate surface area is 158 Å². The standard InChI is InChI=1S/C20H24FN3O3/c1-13(2)17-11-23(20(26)19-14(3)27-12-22-19)9-8-18(25)24(17)10-15-4-6-16(21)7-5-15/h4-7,12-13,17H,8-11H2,1-3H3. The Morgan fingerprint density at radius 1 is 1.33 bits per heavy atom. The van der Waals surface area contributed by atoms with Gasteiger partial charge >= 0.3 is 0 Å². The van der Waals surface area contributed by atoms with Crippen molar-refractivity contribution in [3.8, 4) is 0 Å². The normalized spacial score (nSPS) is 18.1. The van der Waals surface area contributed by atoms with E-state index in [4.69, 9.17) is 4.42 Å². The Balaban J connectivity index is 1.83. The lowest BCUT2D eigenvalue weighted by Crippen LogP contribution is -2.47. The quantitative estimate of drug-likeness (QED) is 0.826. The number of halogens is 1. The maximum absolute atomic E-state index is 13.2. The molecule has 1 aliphatic rings. The minimum Gasteiger partial charge on any atom is -0.448 e. The SMILES string of the molecule is Cc1ocnc1C(=O)N1CCC(=O)N(Cc2ccc(F)cc2)C(C(C)C)C1. The molecule has 7 heteroatoms. The molecule has 0 spiro atoms. The molecule has 2 amide bonds. The molecule has 0 bridgehead atoms. The molecule has 3 rings (SSSR count). The molecular weight excluding hydrogens is 349 g/mol.